The summed E-state index contributed by atoms with van der Waals surface area (Å²) in [7, 11) is 1.56. The highest BCUT2D eigenvalue weighted by atomic mass is 16.5. The maximum atomic E-state index is 13.1. The smallest absolute Gasteiger partial charge is 0.242 e. The maximum Gasteiger partial charge on any atom is 0.242 e. The number of benzene rings is 1. The zero-order valence-corrected chi connectivity index (χ0v) is 19.3. The van der Waals surface area contributed by atoms with E-state index in [0.717, 1.165) is 24.9 Å². The van der Waals surface area contributed by atoms with Gasteiger partial charge in [-0.2, -0.15) is 0 Å². The number of nitrogens with one attached hydrogen (secondary N) is 3. The fourth-order valence-corrected chi connectivity index (χ4v) is 4.74. The summed E-state index contributed by atoms with van der Waals surface area (Å²) in [5.41, 5.74) is 6.90. The quantitative estimate of drug-likeness (QED) is 0.381. The highest BCUT2D eigenvalue weighted by molar-refractivity contribution is 6.07. The number of rotatable bonds is 7. The summed E-state index contributed by atoms with van der Waals surface area (Å²) in [6, 6.07) is 5.04. The molecule has 2 fully saturated rings. The van der Waals surface area contributed by atoms with Gasteiger partial charge in [0.15, 0.2) is 0 Å². The lowest BCUT2D eigenvalue weighted by molar-refractivity contribution is -0.129. The Labute approximate surface area is 190 Å². The van der Waals surface area contributed by atoms with Crippen molar-refractivity contribution in [2.45, 2.75) is 83.0 Å². The van der Waals surface area contributed by atoms with Gasteiger partial charge in [-0.1, -0.05) is 37.8 Å². The molecular formula is C24H37N5O3. The maximum absolute atomic E-state index is 13.1. The molecule has 176 valence electrons. The lowest BCUT2D eigenvalue weighted by Gasteiger charge is -2.42. The predicted octanol–water partition coefficient (Wildman–Crippen LogP) is 2.29. The summed E-state index contributed by atoms with van der Waals surface area (Å²) in [5.74, 6) is 0.195. The van der Waals surface area contributed by atoms with Crippen molar-refractivity contribution in [2.24, 2.45) is 5.73 Å². The summed E-state index contributed by atoms with van der Waals surface area (Å²) in [6.45, 7) is 2.93. The molecule has 0 aromatic heterocycles. The number of carbonyl (C=O) groups excluding carboxylic acids is 2. The Kier molecular flexibility index (Phi) is 8.64. The largest absolute Gasteiger partial charge is 0.496 e. The van der Waals surface area contributed by atoms with Crippen LogP contribution < -0.4 is 21.1 Å². The number of hydrogen-bond donors (Lipinski definition) is 4. The summed E-state index contributed by atoms with van der Waals surface area (Å²) in [5, 5.41) is 13.7. The lowest BCUT2D eigenvalue weighted by atomic mass is 9.90. The average molecular weight is 444 g/mol. The Morgan fingerprint density at radius 3 is 2.59 bits per heavy atom. The van der Waals surface area contributed by atoms with Gasteiger partial charge in [-0.05, 0) is 45.2 Å². The monoisotopic (exact) mass is 443 g/mol. The van der Waals surface area contributed by atoms with Crippen molar-refractivity contribution in [3.8, 4) is 5.75 Å². The van der Waals surface area contributed by atoms with Gasteiger partial charge in [0.05, 0.1) is 19.2 Å². The first kappa shape index (κ1) is 24.2. The Balaban J connectivity index is 1.63. The number of amidine groups is 1. The number of nitrogens with two attached hydrogens (primary N) is 1. The zero-order valence-electron chi connectivity index (χ0n) is 19.3. The van der Waals surface area contributed by atoms with Crippen LogP contribution in [0.3, 0.4) is 0 Å². The minimum atomic E-state index is -0.695. The molecular weight excluding hydrogens is 406 g/mol. The van der Waals surface area contributed by atoms with Crippen molar-refractivity contribution in [2.75, 3.05) is 13.7 Å². The Morgan fingerprint density at radius 2 is 1.91 bits per heavy atom. The minimum absolute atomic E-state index is 0.0356. The Bertz CT molecular complexity index is 820. The van der Waals surface area contributed by atoms with Crippen LogP contribution >= 0.6 is 0 Å². The van der Waals surface area contributed by atoms with E-state index in [4.69, 9.17) is 15.9 Å². The number of likely N-dealkylation sites (tertiary alicyclic amines) is 1. The van der Waals surface area contributed by atoms with Crippen molar-refractivity contribution in [1.29, 1.82) is 5.41 Å². The molecule has 0 radical (unpaired) electrons. The number of ether oxygens (including phenoxy) is 1. The molecule has 2 aliphatic rings. The number of carbonyl (C=O) groups is 2. The van der Waals surface area contributed by atoms with Gasteiger partial charge in [-0.3, -0.25) is 19.9 Å². The Morgan fingerprint density at radius 1 is 1.19 bits per heavy atom. The molecule has 1 aliphatic heterocycles. The molecule has 0 spiro atoms. The standard InChI is InChI=1S/C24H37N5O3/c1-16(25)23(30)28-22(26)17-11-12-18(21(14-17)32-2)15-27-24(31)20-10-6-7-13-29(20)19-8-4-3-5-9-19/h11-12,14,16,19-20H,3-10,13,15,25H2,1-2H3,(H,27,31)(H2,26,28,30)/t16-,20?/m0/s1. The second kappa shape index (κ2) is 11.4. The van der Waals surface area contributed by atoms with Crippen molar-refractivity contribution >= 4 is 17.6 Å². The first-order chi connectivity index (χ1) is 15.4. The third-order valence-electron chi connectivity index (χ3n) is 6.58. The average Bonchev–Trinajstić information content (AvgIpc) is 2.82. The molecule has 3 rings (SSSR count). The molecule has 2 amide bonds. The van der Waals surface area contributed by atoms with Gasteiger partial charge in [0, 0.05) is 23.7 Å². The number of methoxy groups -OCH3 is 1. The van der Waals surface area contributed by atoms with Gasteiger partial charge >= 0.3 is 0 Å². The van der Waals surface area contributed by atoms with Crippen molar-refractivity contribution < 1.29 is 14.3 Å². The van der Waals surface area contributed by atoms with Crippen LogP contribution in [-0.4, -0.2) is 54.3 Å². The van der Waals surface area contributed by atoms with Gasteiger partial charge in [0.25, 0.3) is 0 Å². The van der Waals surface area contributed by atoms with Crippen LogP contribution in [0.25, 0.3) is 0 Å². The van der Waals surface area contributed by atoms with Crippen LogP contribution in [0.15, 0.2) is 18.2 Å². The molecule has 0 bridgehead atoms. The molecule has 1 saturated heterocycles. The highest BCUT2D eigenvalue weighted by Crippen LogP contribution is 2.29. The molecule has 1 unspecified atom stereocenters. The molecule has 1 aromatic carbocycles. The number of hydrogen-bond acceptors (Lipinski definition) is 6. The van der Waals surface area contributed by atoms with E-state index in [-0.39, 0.29) is 17.8 Å². The van der Waals surface area contributed by atoms with E-state index >= 15 is 0 Å². The number of amides is 2. The molecule has 2 atom stereocenters. The predicted molar refractivity (Wildman–Crippen MR) is 125 cm³/mol. The number of piperidine rings is 1. The molecule has 1 heterocycles. The molecule has 8 heteroatoms. The second-order valence-electron chi connectivity index (χ2n) is 8.94. The van der Waals surface area contributed by atoms with Crippen LogP contribution in [0.2, 0.25) is 0 Å². The molecule has 5 N–H and O–H groups in total. The van der Waals surface area contributed by atoms with E-state index in [0.29, 0.717) is 23.9 Å². The van der Waals surface area contributed by atoms with Gasteiger partial charge < -0.3 is 21.1 Å². The van der Waals surface area contributed by atoms with Crippen LogP contribution in [0, 0.1) is 5.41 Å². The van der Waals surface area contributed by atoms with Gasteiger partial charge in [-0.25, -0.2) is 0 Å². The van der Waals surface area contributed by atoms with Crippen molar-refractivity contribution in [1.82, 2.24) is 15.5 Å². The van der Waals surface area contributed by atoms with Crippen molar-refractivity contribution in [3.63, 3.8) is 0 Å². The van der Waals surface area contributed by atoms with E-state index in [1.807, 2.05) is 6.07 Å². The van der Waals surface area contributed by atoms with E-state index in [1.165, 1.54) is 38.5 Å². The summed E-state index contributed by atoms with van der Waals surface area (Å²) < 4.78 is 5.49. The number of nitrogens with zero attached hydrogens (tertiary/aromatic N) is 1. The normalized spacial score (nSPS) is 20.9. The van der Waals surface area contributed by atoms with Crippen molar-refractivity contribution in [3.05, 3.63) is 29.3 Å². The first-order valence-corrected chi connectivity index (χ1v) is 11.8. The minimum Gasteiger partial charge on any atom is -0.496 e. The van der Waals surface area contributed by atoms with E-state index in [2.05, 4.69) is 15.5 Å². The lowest BCUT2D eigenvalue weighted by Crippen LogP contribution is -2.53. The van der Waals surface area contributed by atoms with Crippen LogP contribution in [0.1, 0.15) is 69.4 Å². The third-order valence-corrected chi connectivity index (χ3v) is 6.58. The molecule has 1 aliphatic carbocycles. The fraction of sp³-hybridized carbons (Fsp3) is 0.625. The summed E-state index contributed by atoms with van der Waals surface area (Å²) in [6.07, 6.45) is 9.40. The van der Waals surface area contributed by atoms with Gasteiger partial charge in [0.2, 0.25) is 11.8 Å². The zero-order chi connectivity index (χ0) is 23.1. The molecule has 1 saturated carbocycles. The third kappa shape index (κ3) is 6.07. The summed E-state index contributed by atoms with van der Waals surface area (Å²) in [4.78, 5) is 27.3. The van der Waals surface area contributed by atoms with E-state index in [1.54, 1.807) is 26.2 Å². The fourth-order valence-electron chi connectivity index (χ4n) is 4.74. The summed E-state index contributed by atoms with van der Waals surface area (Å²) >= 11 is 0. The molecule has 1 aromatic rings. The second-order valence-corrected chi connectivity index (χ2v) is 8.94. The van der Waals surface area contributed by atoms with Crippen LogP contribution in [0.4, 0.5) is 0 Å². The van der Waals surface area contributed by atoms with Gasteiger partial charge in [-0.15, -0.1) is 0 Å². The Hall–Kier alpha value is -2.45. The van der Waals surface area contributed by atoms with E-state index < -0.39 is 11.9 Å². The van der Waals surface area contributed by atoms with Gasteiger partial charge in [0.1, 0.15) is 11.6 Å². The molecule has 32 heavy (non-hydrogen) atoms. The highest BCUT2D eigenvalue weighted by Gasteiger charge is 2.33. The van der Waals surface area contributed by atoms with Crippen LogP contribution in [0.5, 0.6) is 5.75 Å². The molecule has 8 nitrogen and oxygen atoms in total. The van der Waals surface area contributed by atoms with E-state index in [9.17, 15) is 9.59 Å². The first-order valence-electron chi connectivity index (χ1n) is 11.8. The van der Waals surface area contributed by atoms with Crippen LogP contribution in [-0.2, 0) is 16.1 Å². The SMILES string of the molecule is COc1cc(C(=N)NC(=O)[C@H](C)N)ccc1CNC(=O)C1CCCCN1C1CCCCC1. The topological polar surface area (TPSA) is 121 Å².